The molecule has 2 N–H and O–H groups in total. The van der Waals surface area contributed by atoms with Crippen LogP contribution in [0.3, 0.4) is 0 Å². The Bertz CT molecular complexity index is 957. The highest BCUT2D eigenvalue weighted by Crippen LogP contribution is 2.42. The number of halogens is 1. The Hall–Kier alpha value is -2.02. The quantitative estimate of drug-likeness (QED) is 0.621. The van der Waals surface area contributed by atoms with Gasteiger partial charge in [0.15, 0.2) is 5.76 Å². The lowest BCUT2D eigenvalue weighted by molar-refractivity contribution is 0.00297. The zero-order valence-corrected chi connectivity index (χ0v) is 19.1. The van der Waals surface area contributed by atoms with E-state index in [0.717, 1.165) is 69.9 Å². The van der Waals surface area contributed by atoms with Crippen LogP contribution in [-0.2, 0) is 4.74 Å². The second-order valence-electron chi connectivity index (χ2n) is 9.56. The van der Waals surface area contributed by atoms with Crippen LogP contribution in [0.4, 0.5) is 11.4 Å². The molecule has 1 saturated carbocycles. The van der Waals surface area contributed by atoms with Gasteiger partial charge in [-0.3, -0.25) is 4.79 Å². The first-order valence-corrected chi connectivity index (χ1v) is 12.1. The van der Waals surface area contributed by atoms with Crippen LogP contribution in [0.25, 0.3) is 0 Å². The summed E-state index contributed by atoms with van der Waals surface area (Å²) in [6, 6.07) is 9.20. The maximum absolute atomic E-state index is 13.0. The summed E-state index contributed by atoms with van der Waals surface area (Å²) < 4.78 is 11.3. The second-order valence-corrected chi connectivity index (χ2v) is 10.00. The average Bonchev–Trinajstić information content (AvgIpc) is 3.45. The molecule has 2 aliphatic heterocycles. The SMILES string of the molecule is O=C(Nc1cc(Cl)ccc1N1CCC(O)(CC2CC2)CC1)c1ccc(C2CCOCC2)o1. The minimum Gasteiger partial charge on any atom is -0.456 e. The molecule has 3 fully saturated rings. The van der Waals surface area contributed by atoms with Crippen molar-refractivity contribution in [3.63, 3.8) is 0 Å². The fourth-order valence-corrected chi connectivity index (χ4v) is 5.14. The largest absolute Gasteiger partial charge is 0.456 e. The third kappa shape index (κ3) is 4.98. The standard InChI is InChI=1S/C25H31ClN2O4/c26-19-3-4-21(28-11-9-25(30,10-12-28)16-17-1-2-17)20(15-19)27-24(29)23-6-5-22(32-23)18-7-13-31-14-8-18/h3-6,15,17-18,30H,1-2,7-14,16H2,(H,27,29). The Morgan fingerprint density at radius 2 is 1.88 bits per heavy atom. The van der Waals surface area contributed by atoms with Crippen molar-refractivity contribution in [1.82, 2.24) is 0 Å². The van der Waals surface area contributed by atoms with Gasteiger partial charge in [-0.15, -0.1) is 0 Å². The number of carbonyl (C=O) groups is 1. The van der Waals surface area contributed by atoms with Crippen LogP contribution in [0.1, 0.15) is 67.2 Å². The molecule has 0 spiro atoms. The highest BCUT2D eigenvalue weighted by molar-refractivity contribution is 6.31. The van der Waals surface area contributed by atoms with E-state index in [1.807, 2.05) is 18.2 Å². The zero-order chi connectivity index (χ0) is 22.1. The number of carbonyl (C=O) groups excluding carboxylic acids is 1. The molecular weight excluding hydrogens is 428 g/mol. The molecule has 3 aliphatic rings. The predicted octanol–water partition coefficient (Wildman–Crippen LogP) is 5.21. The molecule has 1 aromatic heterocycles. The molecule has 1 amide bonds. The molecular formula is C25H31ClN2O4. The second kappa shape index (κ2) is 9.08. The van der Waals surface area contributed by atoms with Crippen LogP contribution in [0.2, 0.25) is 5.02 Å². The summed E-state index contributed by atoms with van der Waals surface area (Å²) in [5, 5.41) is 14.5. The molecule has 0 atom stereocenters. The highest BCUT2D eigenvalue weighted by atomic mass is 35.5. The summed E-state index contributed by atoms with van der Waals surface area (Å²) in [7, 11) is 0. The average molecular weight is 459 g/mol. The number of hydrogen-bond donors (Lipinski definition) is 2. The van der Waals surface area contributed by atoms with Crippen LogP contribution >= 0.6 is 11.6 Å². The number of benzene rings is 1. The van der Waals surface area contributed by atoms with E-state index in [0.29, 0.717) is 28.3 Å². The minimum atomic E-state index is -0.553. The lowest BCUT2D eigenvalue weighted by Gasteiger charge is -2.40. The van der Waals surface area contributed by atoms with Crippen molar-refractivity contribution in [2.75, 3.05) is 36.5 Å². The number of nitrogens with zero attached hydrogens (tertiary/aromatic N) is 1. The van der Waals surface area contributed by atoms with Crippen molar-refractivity contribution >= 4 is 28.9 Å². The summed E-state index contributed by atoms with van der Waals surface area (Å²) in [5.74, 6) is 1.87. The Morgan fingerprint density at radius 1 is 1.12 bits per heavy atom. The van der Waals surface area contributed by atoms with Gasteiger partial charge >= 0.3 is 0 Å². The lowest BCUT2D eigenvalue weighted by atomic mass is 9.86. The molecule has 32 heavy (non-hydrogen) atoms. The fourth-order valence-electron chi connectivity index (χ4n) is 4.97. The first-order valence-electron chi connectivity index (χ1n) is 11.7. The molecule has 3 heterocycles. The molecule has 1 aliphatic carbocycles. The molecule has 2 aromatic rings. The van der Waals surface area contributed by atoms with Gasteiger partial charge in [0.25, 0.3) is 5.91 Å². The molecule has 0 bridgehead atoms. The van der Waals surface area contributed by atoms with E-state index >= 15 is 0 Å². The predicted molar refractivity (Wildman–Crippen MR) is 125 cm³/mol. The topological polar surface area (TPSA) is 74.9 Å². The minimum absolute atomic E-state index is 0.283. The van der Waals surface area contributed by atoms with E-state index in [1.165, 1.54) is 12.8 Å². The first-order chi connectivity index (χ1) is 15.5. The van der Waals surface area contributed by atoms with Crippen LogP contribution in [-0.4, -0.2) is 42.9 Å². The van der Waals surface area contributed by atoms with Crippen molar-refractivity contribution in [3.8, 4) is 0 Å². The molecule has 6 nitrogen and oxygen atoms in total. The van der Waals surface area contributed by atoms with E-state index in [1.54, 1.807) is 12.1 Å². The van der Waals surface area contributed by atoms with Crippen LogP contribution in [0.5, 0.6) is 0 Å². The van der Waals surface area contributed by atoms with Gasteiger partial charge in [0, 0.05) is 37.2 Å². The van der Waals surface area contributed by atoms with Crippen LogP contribution in [0, 0.1) is 5.92 Å². The van der Waals surface area contributed by atoms with Crippen molar-refractivity contribution in [3.05, 3.63) is 46.9 Å². The number of hydrogen-bond acceptors (Lipinski definition) is 5. The molecule has 5 rings (SSSR count). The number of ether oxygens (including phenoxy) is 1. The Morgan fingerprint density at radius 3 is 2.59 bits per heavy atom. The van der Waals surface area contributed by atoms with Gasteiger partial charge in [0.1, 0.15) is 5.76 Å². The lowest BCUT2D eigenvalue weighted by Crippen LogP contribution is -2.45. The maximum atomic E-state index is 13.0. The molecule has 172 valence electrons. The van der Waals surface area contributed by atoms with Gasteiger partial charge in [0.05, 0.1) is 17.0 Å². The van der Waals surface area contributed by atoms with E-state index in [4.69, 9.17) is 20.8 Å². The zero-order valence-electron chi connectivity index (χ0n) is 18.3. The van der Waals surface area contributed by atoms with Crippen molar-refractivity contribution in [2.24, 2.45) is 5.92 Å². The summed E-state index contributed by atoms with van der Waals surface area (Å²) in [6.45, 7) is 2.96. The number of furan rings is 1. The number of nitrogens with one attached hydrogen (secondary N) is 1. The first kappa shape index (κ1) is 21.8. The van der Waals surface area contributed by atoms with E-state index < -0.39 is 5.60 Å². The van der Waals surface area contributed by atoms with E-state index in [9.17, 15) is 9.90 Å². The number of anilines is 2. The van der Waals surface area contributed by atoms with Gasteiger partial charge in [-0.25, -0.2) is 0 Å². The number of aliphatic hydroxyl groups is 1. The number of piperidine rings is 1. The van der Waals surface area contributed by atoms with Crippen molar-refractivity contribution in [2.45, 2.75) is 56.5 Å². The smallest absolute Gasteiger partial charge is 0.291 e. The summed E-state index contributed by atoms with van der Waals surface area (Å²) in [6.07, 6.45) is 6.73. The van der Waals surface area contributed by atoms with Gasteiger partial charge < -0.3 is 24.5 Å². The molecule has 1 aromatic carbocycles. The van der Waals surface area contributed by atoms with Crippen molar-refractivity contribution in [1.29, 1.82) is 0 Å². The molecule has 0 unspecified atom stereocenters. The molecule has 0 radical (unpaired) electrons. The summed E-state index contributed by atoms with van der Waals surface area (Å²) >= 11 is 6.26. The van der Waals surface area contributed by atoms with E-state index in [-0.39, 0.29) is 5.91 Å². The van der Waals surface area contributed by atoms with Crippen LogP contribution in [0.15, 0.2) is 34.7 Å². The fraction of sp³-hybridized carbons (Fsp3) is 0.560. The molecule has 2 saturated heterocycles. The Kier molecular flexibility index (Phi) is 6.19. The maximum Gasteiger partial charge on any atom is 0.291 e. The summed E-state index contributed by atoms with van der Waals surface area (Å²) in [4.78, 5) is 15.2. The van der Waals surface area contributed by atoms with Gasteiger partial charge in [0.2, 0.25) is 0 Å². The van der Waals surface area contributed by atoms with Crippen molar-refractivity contribution < 1.29 is 19.1 Å². The Balaban J connectivity index is 1.27. The van der Waals surface area contributed by atoms with Gasteiger partial charge in [-0.05, 0) is 68.4 Å². The third-order valence-electron chi connectivity index (χ3n) is 7.08. The van der Waals surface area contributed by atoms with Gasteiger partial charge in [-0.1, -0.05) is 24.4 Å². The summed E-state index contributed by atoms with van der Waals surface area (Å²) in [5.41, 5.74) is 1.04. The van der Waals surface area contributed by atoms with E-state index in [2.05, 4.69) is 10.2 Å². The highest BCUT2D eigenvalue weighted by Gasteiger charge is 2.38. The number of amides is 1. The monoisotopic (exact) mass is 458 g/mol. The number of rotatable bonds is 6. The third-order valence-corrected chi connectivity index (χ3v) is 7.32. The van der Waals surface area contributed by atoms with Gasteiger partial charge in [-0.2, -0.15) is 0 Å². The Labute approximate surface area is 193 Å². The molecule has 7 heteroatoms. The van der Waals surface area contributed by atoms with Crippen LogP contribution < -0.4 is 10.2 Å². The normalized spacial score (nSPS) is 21.5.